The Hall–Kier alpha value is -1.59. The van der Waals surface area contributed by atoms with Gasteiger partial charge in [0.25, 0.3) is 0 Å². The molecular weight excluding hydrogens is 230 g/mol. The largest absolute Gasteiger partial charge is 0.398 e. The number of primary amides is 1. The van der Waals surface area contributed by atoms with Gasteiger partial charge in [-0.3, -0.25) is 9.69 Å². The van der Waals surface area contributed by atoms with Crippen LogP contribution in [0.25, 0.3) is 0 Å². The van der Waals surface area contributed by atoms with E-state index in [1.165, 1.54) is 0 Å². The third-order valence-corrected chi connectivity index (χ3v) is 2.71. The number of anilines is 1. The Kier molecular flexibility index (Phi) is 5.61. The summed E-state index contributed by atoms with van der Waals surface area (Å²) >= 11 is 0. The van der Waals surface area contributed by atoms with Gasteiger partial charge in [0.2, 0.25) is 5.91 Å². The Balaban J connectivity index is 2.71. The Morgan fingerprint density at radius 1 is 1.44 bits per heavy atom. The fourth-order valence-electron chi connectivity index (χ4n) is 1.82. The highest BCUT2D eigenvalue weighted by molar-refractivity contribution is 5.75. The fraction of sp³-hybridized carbons (Fsp3) is 0.462. The number of hydrogen-bond acceptors (Lipinski definition) is 4. The van der Waals surface area contributed by atoms with Gasteiger partial charge >= 0.3 is 0 Å². The lowest BCUT2D eigenvalue weighted by Gasteiger charge is -2.24. The summed E-state index contributed by atoms with van der Waals surface area (Å²) in [6, 6.07) is 7.53. The number of nitrogens with two attached hydrogens (primary N) is 2. The highest BCUT2D eigenvalue weighted by Gasteiger charge is 2.13. The van der Waals surface area contributed by atoms with Crippen molar-refractivity contribution in [3.8, 4) is 0 Å². The highest BCUT2D eigenvalue weighted by Crippen LogP contribution is 2.14. The third-order valence-electron chi connectivity index (χ3n) is 2.71. The van der Waals surface area contributed by atoms with Crippen LogP contribution in [0.4, 0.5) is 5.69 Å². The molecule has 0 fully saturated rings. The SMILES string of the molecule is CC(CO)CN(CC(N)=O)Cc1ccccc1N. The number of nitrogen functional groups attached to an aromatic ring is 1. The summed E-state index contributed by atoms with van der Waals surface area (Å²) in [6.07, 6.45) is 0. The zero-order valence-corrected chi connectivity index (χ0v) is 10.7. The molecule has 0 aliphatic rings. The first kappa shape index (κ1) is 14.5. The van der Waals surface area contributed by atoms with Crippen molar-refractivity contribution in [3.63, 3.8) is 0 Å². The molecule has 5 heteroatoms. The van der Waals surface area contributed by atoms with Crippen LogP contribution < -0.4 is 11.5 Å². The van der Waals surface area contributed by atoms with Gasteiger partial charge in [-0.25, -0.2) is 0 Å². The van der Waals surface area contributed by atoms with E-state index in [2.05, 4.69) is 0 Å². The minimum absolute atomic E-state index is 0.0829. The van der Waals surface area contributed by atoms with Crippen molar-refractivity contribution < 1.29 is 9.90 Å². The molecule has 1 atom stereocenters. The maximum Gasteiger partial charge on any atom is 0.231 e. The van der Waals surface area contributed by atoms with Gasteiger partial charge < -0.3 is 16.6 Å². The summed E-state index contributed by atoms with van der Waals surface area (Å²) in [4.78, 5) is 12.9. The first-order valence-electron chi connectivity index (χ1n) is 5.97. The topological polar surface area (TPSA) is 92.6 Å². The van der Waals surface area contributed by atoms with Crippen molar-refractivity contribution in [1.82, 2.24) is 4.90 Å². The summed E-state index contributed by atoms with van der Waals surface area (Å²) < 4.78 is 0. The first-order chi connectivity index (χ1) is 8.52. The first-order valence-corrected chi connectivity index (χ1v) is 5.97. The number of carbonyl (C=O) groups is 1. The van der Waals surface area contributed by atoms with Crippen LogP contribution in [0.15, 0.2) is 24.3 Å². The molecule has 0 saturated carbocycles. The summed E-state index contributed by atoms with van der Waals surface area (Å²) in [5, 5.41) is 9.07. The molecule has 0 saturated heterocycles. The molecule has 1 rings (SSSR count). The quantitative estimate of drug-likeness (QED) is 0.603. The Morgan fingerprint density at radius 3 is 2.67 bits per heavy atom. The van der Waals surface area contributed by atoms with E-state index in [-0.39, 0.29) is 25.0 Å². The molecule has 0 aromatic heterocycles. The van der Waals surface area contributed by atoms with Crippen molar-refractivity contribution in [2.75, 3.05) is 25.4 Å². The molecule has 0 radical (unpaired) electrons. The van der Waals surface area contributed by atoms with Crippen molar-refractivity contribution in [2.45, 2.75) is 13.5 Å². The van der Waals surface area contributed by atoms with E-state index >= 15 is 0 Å². The van der Waals surface area contributed by atoms with Crippen LogP contribution in [0.1, 0.15) is 12.5 Å². The number of aliphatic hydroxyl groups is 1. The summed E-state index contributed by atoms with van der Waals surface area (Å²) in [7, 11) is 0. The van der Waals surface area contributed by atoms with Gasteiger partial charge in [-0.15, -0.1) is 0 Å². The lowest BCUT2D eigenvalue weighted by atomic mass is 10.1. The molecular formula is C13H21N3O2. The van der Waals surface area contributed by atoms with Crippen LogP contribution in [-0.2, 0) is 11.3 Å². The van der Waals surface area contributed by atoms with Crippen molar-refractivity contribution in [3.05, 3.63) is 29.8 Å². The van der Waals surface area contributed by atoms with Gasteiger partial charge in [-0.05, 0) is 17.5 Å². The molecule has 18 heavy (non-hydrogen) atoms. The summed E-state index contributed by atoms with van der Waals surface area (Å²) in [5.41, 5.74) is 12.8. The minimum Gasteiger partial charge on any atom is -0.398 e. The van der Waals surface area contributed by atoms with Gasteiger partial charge in [0.05, 0.1) is 6.54 Å². The maximum absolute atomic E-state index is 11.0. The molecule has 1 unspecified atom stereocenters. The van der Waals surface area contributed by atoms with Gasteiger partial charge in [0.15, 0.2) is 0 Å². The highest BCUT2D eigenvalue weighted by atomic mass is 16.3. The lowest BCUT2D eigenvalue weighted by Crippen LogP contribution is -2.37. The minimum atomic E-state index is -0.380. The number of amides is 1. The molecule has 5 N–H and O–H groups in total. The lowest BCUT2D eigenvalue weighted by molar-refractivity contribution is -0.119. The Bertz CT molecular complexity index is 396. The number of benzene rings is 1. The van der Waals surface area contributed by atoms with E-state index < -0.39 is 0 Å². The Labute approximate surface area is 107 Å². The van der Waals surface area contributed by atoms with Gasteiger partial charge in [0.1, 0.15) is 0 Å². The number of para-hydroxylation sites is 1. The second kappa shape index (κ2) is 6.98. The van der Waals surface area contributed by atoms with Crippen molar-refractivity contribution in [1.29, 1.82) is 0 Å². The molecule has 0 aliphatic carbocycles. The van der Waals surface area contributed by atoms with Gasteiger partial charge in [-0.2, -0.15) is 0 Å². The average molecular weight is 251 g/mol. The van der Waals surface area contributed by atoms with Crippen LogP contribution in [0.5, 0.6) is 0 Å². The molecule has 1 aromatic carbocycles. The third kappa shape index (κ3) is 4.73. The molecule has 0 aliphatic heterocycles. The Morgan fingerprint density at radius 2 is 2.11 bits per heavy atom. The van der Waals surface area contributed by atoms with E-state index in [1.807, 2.05) is 36.1 Å². The molecule has 1 aromatic rings. The molecule has 100 valence electrons. The molecule has 0 spiro atoms. The number of carbonyl (C=O) groups excluding carboxylic acids is 1. The average Bonchev–Trinajstić information content (AvgIpc) is 2.31. The van der Waals surface area contributed by atoms with Crippen molar-refractivity contribution >= 4 is 11.6 Å². The second-order valence-electron chi connectivity index (χ2n) is 4.62. The normalized spacial score (nSPS) is 12.6. The second-order valence-corrected chi connectivity index (χ2v) is 4.62. The van der Waals surface area contributed by atoms with E-state index in [0.29, 0.717) is 18.8 Å². The number of aliphatic hydroxyl groups excluding tert-OH is 1. The number of rotatable bonds is 7. The van der Waals surface area contributed by atoms with Crippen LogP contribution in [-0.4, -0.2) is 35.6 Å². The van der Waals surface area contributed by atoms with Gasteiger partial charge in [0, 0.05) is 25.4 Å². The zero-order valence-electron chi connectivity index (χ0n) is 10.7. The van der Waals surface area contributed by atoms with Crippen LogP contribution in [0.2, 0.25) is 0 Å². The van der Waals surface area contributed by atoms with Crippen molar-refractivity contribution in [2.24, 2.45) is 11.7 Å². The van der Waals surface area contributed by atoms with Crippen LogP contribution >= 0.6 is 0 Å². The number of nitrogens with zero attached hydrogens (tertiary/aromatic N) is 1. The molecule has 0 bridgehead atoms. The maximum atomic E-state index is 11.0. The molecule has 0 heterocycles. The van der Waals surface area contributed by atoms with E-state index in [0.717, 1.165) is 5.56 Å². The van der Waals surface area contributed by atoms with E-state index in [4.69, 9.17) is 16.6 Å². The zero-order chi connectivity index (χ0) is 13.5. The van der Waals surface area contributed by atoms with E-state index in [1.54, 1.807) is 0 Å². The monoisotopic (exact) mass is 251 g/mol. The van der Waals surface area contributed by atoms with Crippen LogP contribution in [0, 0.1) is 5.92 Å². The van der Waals surface area contributed by atoms with Crippen LogP contribution in [0.3, 0.4) is 0 Å². The molecule has 5 nitrogen and oxygen atoms in total. The smallest absolute Gasteiger partial charge is 0.231 e. The summed E-state index contributed by atoms with van der Waals surface area (Å²) in [6.45, 7) is 3.33. The standard InChI is InChI=1S/C13H21N3O2/c1-10(9-17)6-16(8-13(15)18)7-11-4-2-3-5-12(11)14/h2-5,10,17H,6-9,14H2,1H3,(H2,15,18). The van der Waals surface area contributed by atoms with Gasteiger partial charge in [-0.1, -0.05) is 25.1 Å². The fourth-order valence-corrected chi connectivity index (χ4v) is 1.82. The molecule has 1 amide bonds. The number of hydrogen-bond donors (Lipinski definition) is 3. The predicted octanol–water partition coefficient (Wildman–Crippen LogP) is 0.185. The predicted molar refractivity (Wildman–Crippen MR) is 71.6 cm³/mol. The summed E-state index contributed by atoms with van der Waals surface area (Å²) in [5.74, 6) is -0.288. The van der Waals surface area contributed by atoms with E-state index in [9.17, 15) is 4.79 Å².